The van der Waals surface area contributed by atoms with E-state index in [1.165, 1.54) is 13.3 Å². The van der Waals surface area contributed by atoms with E-state index in [0.717, 1.165) is 6.07 Å². The van der Waals surface area contributed by atoms with Crippen LogP contribution in [0.4, 0.5) is 14.6 Å². The number of alkyl halides is 2. The number of aromatic nitrogens is 1. The molecule has 1 aromatic heterocycles. The normalized spacial score (nSPS) is 10.4. The van der Waals surface area contributed by atoms with Crippen molar-refractivity contribution in [2.45, 2.75) is 12.8 Å². The smallest absolute Gasteiger partial charge is 0.310 e. The minimum absolute atomic E-state index is 0.0938. The first-order valence-electron chi connectivity index (χ1n) is 4.14. The van der Waals surface area contributed by atoms with Crippen molar-refractivity contribution in [3.05, 3.63) is 23.4 Å². The first-order chi connectivity index (χ1) is 7.04. The molecule has 0 atom stereocenters. The molecule has 0 saturated heterocycles. The van der Waals surface area contributed by atoms with Crippen molar-refractivity contribution in [1.82, 2.24) is 4.98 Å². The molecule has 0 saturated carbocycles. The summed E-state index contributed by atoms with van der Waals surface area (Å²) in [6.45, 7) is 0. The molecule has 82 valence electrons. The molecular weight excluding hydrogens is 206 g/mol. The van der Waals surface area contributed by atoms with Crippen molar-refractivity contribution in [3.8, 4) is 0 Å². The monoisotopic (exact) mass is 216 g/mol. The zero-order valence-corrected chi connectivity index (χ0v) is 8.04. The van der Waals surface area contributed by atoms with Crippen LogP contribution in [0.1, 0.15) is 17.6 Å². The molecule has 1 heterocycles. The van der Waals surface area contributed by atoms with Gasteiger partial charge in [-0.1, -0.05) is 0 Å². The number of methoxy groups -OCH3 is 1. The highest BCUT2D eigenvalue weighted by Gasteiger charge is 2.14. The van der Waals surface area contributed by atoms with Crippen LogP contribution in [0.2, 0.25) is 0 Å². The summed E-state index contributed by atoms with van der Waals surface area (Å²) in [5.41, 5.74) is 5.24. The lowest BCUT2D eigenvalue weighted by atomic mass is 10.1. The third-order valence-electron chi connectivity index (χ3n) is 1.82. The van der Waals surface area contributed by atoms with Crippen LogP contribution in [0.3, 0.4) is 0 Å². The van der Waals surface area contributed by atoms with Gasteiger partial charge in [-0.15, -0.1) is 0 Å². The molecule has 0 aromatic carbocycles. The summed E-state index contributed by atoms with van der Waals surface area (Å²) < 4.78 is 29.2. The molecule has 0 aliphatic carbocycles. The first kappa shape index (κ1) is 11.4. The number of pyridine rings is 1. The molecule has 0 fully saturated rings. The summed E-state index contributed by atoms with van der Waals surface area (Å²) >= 11 is 0. The Morgan fingerprint density at radius 3 is 2.87 bits per heavy atom. The Balaban J connectivity index is 2.92. The largest absolute Gasteiger partial charge is 0.469 e. The van der Waals surface area contributed by atoms with Crippen LogP contribution in [0, 0.1) is 0 Å². The fourth-order valence-corrected chi connectivity index (χ4v) is 1.05. The Labute approximate surface area is 85.1 Å². The van der Waals surface area contributed by atoms with E-state index in [-0.39, 0.29) is 17.8 Å². The van der Waals surface area contributed by atoms with Crippen molar-refractivity contribution >= 4 is 11.8 Å². The van der Waals surface area contributed by atoms with Gasteiger partial charge in [-0.05, 0) is 11.6 Å². The third kappa shape index (κ3) is 2.87. The molecule has 15 heavy (non-hydrogen) atoms. The Bertz CT molecular complexity index is 369. The van der Waals surface area contributed by atoms with E-state index in [1.54, 1.807) is 0 Å². The van der Waals surface area contributed by atoms with Gasteiger partial charge >= 0.3 is 5.97 Å². The van der Waals surface area contributed by atoms with Crippen LogP contribution in [0.5, 0.6) is 0 Å². The molecule has 4 nitrogen and oxygen atoms in total. The molecule has 0 amide bonds. The fraction of sp³-hybridized carbons (Fsp3) is 0.333. The van der Waals surface area contributed by atoms with Crippen LogP contribution in [0.25, 0.3) is 0 Å². The van der Waals surface area contributed by atoms with Gasteiger partial charge in [0.25, 0.3) is 6.43 Å². The van der Waals surface area contributed by atoms with Gasteiger partial charge in [-0.25, -0.2) is 13.8 Å². The maximum atomic E-state index is 12.4. The molecular formula is C9H10F2N2O2. The van der Waals surface area contributed by atoms with Crippen molar-refractivity contribution in [2.24, 2.45) is 0 Å². The Hall–Kier alpha value is -1.72. The number of rotatable bonds is 3. The van der Waals surface area contributed by atoms with Gasteiger partial charge in [0.15, 0.2) is 0 Å². The highest BCUT2D eigenvalue weighted by atomic mass is 19.3. The summed E-state index contributed by atoms with van der Waals surface area (Å²) in [5.74, 6) is -0.736. The van der Waals surface area contributed by atoms with Crippen LogP contribution >= 0.6 is 0 Å². The van der Waals surface area contributed by atoms with Crippen LogP contribution in [-0.4, -0.2) is 18.1 Å². The molecule has 0 bridgehead atoms. The number of carbonyl (C=O) groups is 1. The van der Waals surface area contributed by atoms with Gasteiger partial charge in [0.2, 0.25) is 0 Å². The average Bonchev–Trinajstić information content (AvgIpc) is 2.20. The number of esters is 1. The number of nitrogens with zero attached hydrogens (tertiary/aromatic N) is 1. The Morgan fingerprint density at radius 1 is 1.67 bits per heavy atom. The molecule has 0 aliphatic rings. The number of ether oxygens (including phenoxy) is 1. The number of nitrogens with two attached hydrogens (primary N) is 1. The maximum absolute atomic E-state index is 12.4. The average molecular weight is 216 g/mol. The lowest BCUT2D eigenvalue weighted by Gasteiger charge is -2.06. The van der Waals surface area contributed by atoms with Crippen molar-refractivity contribution < 1.29 is 18.3 Å². The Morgan fingerprint density at radius 2 is 2.33 bits per heavy atom. The van der Waals surface area contributed by atoms with Crippen LogP contribution < -0.4 is 5.73 Å². The molecule has 2 N–H and O–H groups in total. The van der Waals surface area contributed by atoms with E-state index in [1.807, 2.05) is 0 Å². The second-order valence-corrected chi connectivity index (χ2v) is 2.87. The van der Waals surface area contributed by atoms with Gasteiger partial charge in [-0.3, -0.25) is 4.79 Å². The van der Waals surface area contributed by atoms with Gasteiger partial charge < -0.3 is 10.5 Å². The van der Waals surface area contributed by atoms with Gasteiger partial charge in [-0.2, -0.15) is 0 Å². The molecule has 0 spiro atoms. The van der Waals surface area contributed by atoms with Gasteiger partial charge in [0.1, 0.15) is 5.82 Å². The van der Waals surface area contributed by atoms with Crippen molar-refractivity contribution in [1.29, 1.82) is 0 Å². The summed E-state index contributed by atoms with van der Waals surface area (Å²) in [4.78, 5) is 14.5. The molecule has 1 rings (SSSR count). The van der Waals surface area contributed by atoms with Crippen molar-refractivity contribution in [3.63, 3.8) is 0 Å². The van der Waals surface area contributed by atoms with E-state index >= 15 is 0 Å². The predicted octanol–water partition coefficient (Wildman–Crippen LogP) is 1.32. The highest BCUT2D eigenvalue weighted by molar-refractivity contribution is 5.72. The zero-order chi connectivity index (χ0) is 11.4. The lowest BCUT2D eigenvalue weighted by molar-refractivity contribution is -0.139. The maximum Gasteiger partial charge on any atom is 0.310 e. The molecule has 0 unspecified atom stereocenters. The van der Waals surface area contributed by atoms with Crippen LogP contribution in [0.15, 0.2) is 12.3 Å². The van der Waals surface area contributed by atoms with Gasteiger partial charge in [0, 0.05) is 6.20 Å². The minimum atomic E-state index is -2.70. The SMILES string of the molecule is COC(=O)Cc1cnc(N)c(C(F)F)c1. The standard InChI is InChI=1S/C9H10F2N2O2/c1-15-7(14)3-5-2-6(8(10)11)9(12)13-4-5/h2,4,8H,3H2,1H3,(H2,12,13). The number of nitrogen functional groups attached to an aromatic ring is 1. The minimum Gasteiger partial charge on any atom is -0.469 e. The fourth-order valence-electron chi connectivity index (χ4n) is 1.05. The van der Waals surface area contributed by atoms with Gasteiger partial charge in [0.05, 0.1) is 19.1 Å². The molecule has 1 aromatic rings. The predicted molar refractivity (Wildman–Crippen MR) is 49.3 cm³/mol. The zero-order valence-electron chi connectivity index (χ0n) is 8.04. The number of carbonyl (C=O) groups excluding carboxylic acids is 1. The number of halogens is 2. The molecule has 0 aliphatic heterocycles. The summed E-state index contributed by atoms with van der Waals surface area (Å²) in [5, 5.41) is 0. The summed E-state index contributed by atoms with van der Waals surface area (Å²) in [6.07, 6.45) is -1.52. The van der Waals surface area contributed by atoms with Crippen molar-refractivity contribution in [2.75, 3.05) is 12.8 Å². The Kier molecular flexibility index (Phi) is 3.54. The number of anilines is 1. The second-order valence-electron chi connectivity index (χ2n) is 2.87. The number of hydrogen-bond donors (Lipinski definition) is 1. The third-order valence-corrected chi connectivity index (χ3v) is 1.82. The van der Waals surface area contributed by atoms with E-state index < -0.39 is 12.4 Å². The highest BCUT2D eigenvalue weighted by Crippen LogP contribution is 2.24. The molecule has 0 radical (unpaired) electrons. The van der Waals surface area contributed by atoms with E-state index in [0.29, 0.717) is 5.56 Å². The van der Waals surface area contributed by atoms with E-state index in [9.17, 15) is 13.6 Å². The first-order valence-corrected chi connectivity index (χ1v) is 4.14. The topological polar surface area (TPSA) is 65.2 Å². The van der Waals surface area contributed by atoms with E-state index in [4.69, 9.17) is 5.73 Å². The quantitative estimate of drug-likeness (QED) is 0.774. The second kappa shape index (κ2) is 4.68. The van der Waals surface area contributed by atoms with Crippen LogP contribution in [-0.2, 0) is 16.0 Å². The number of hydrogen-bond acceptors (Lipinski definition) is 4. The summed E-state index contributed by atoms with van der Waals surface area (Å²) in [6, 6.07) is 1.16. The lowest BCUT2D eigenvalue weighted by Crippen LogP contribution is -2.07. The molecule has 6 heteroatoms. The van der Waals surface area contributed by atoms with E-state index in [2.05, 4.69) is 9.72 Å². The summed E-state index contributed by atoms with van der Waals surface area (Å²) in [7, 11) is 1.22.